The van der Waals surface area contributed by atoms with Gasteiger partial charge in [-0.3, -0.25) is 9.59 Å². The maximum Gasteiger partial charge on any atom is 0.237 e. The van der Waals surface area contributed by atoms with E-state index in [0.717, 1.165) is 5.06 Å². The van der Waals surface area contributed by atoms with Gasteiger partial charge >= 0.3 is 0 Å². The van der Waals surface area contributed by atoms with Gasteiger partial charge in [0.1, 0.15) is 6.04 Å². The second kappa shape index (κ2) is 4.39. The highest BCUT2D eigenvalue weighted by Gasteiger charge is 2.31. The van der Waals surface area contributed by atoms with E-state index in [1.54, 1.807) is 0 Å². The van der Waals surface area contributed by atoms with Crippen LogP contribution in [0.4, 0.5) is 0 Å². The minimum Gasteiger partial charge on any atom is -0.368 e. The Kier molecular flexibility index (Phi) is 3.43. The molecule has 2 atom stereocenters. The molecule has 0 aliphatic carbocycles. The summed E-state index contributed by atoms with van der Waals surface area (Å²) in [6.07, 6.45) is 0.963. The number of nitrogens with one attached hydrogen (secondary N) is 1. The van der Waals surface area contributed by atoms with Gasteiger partial charge in [-0.15, -0.1) is 0 Å². The van der Waals surface area contributed by atoms with Crippen LogP contribution in [-0.4, -0.2) is 41.7 Å². The maximum atomic E-state index is 11.2. The van der Waals surface area contributed by atoms with Crippen molar-refractivity contribution >= 4 is 11.8 Å². The Morgan fingerprint density at radius 1 is 1.86 bits per heavy atom. The number of likely N-dealkylation sites (N-methyl/N-ethyl adjacent to an activating group) is 1. The Morgan fingerprint density at radius 3 is 2.86 bits per heavy atom. The number of nitrogens with zero attached hydrogens (tertiary/aromatic N) is 1. The zero-order chi connectivity index (χ0) is 10.7. The lowest BCUT2D eigenvalue weighted by Crippen LogP contribution is -2.42. The summed E-state index contributed by atoms with van der Waals surface area (Å²) in [5, 5.41) is 12.5. The molecule has 2 unspecified atom stereocenters. The predicted molar refractivity (Wildman–Crippen MR) is 48.3 cm³/mol. The minimum absolute atomic E-state index is 0.0712. The molecule has 0 aromatic rings. The van der Waals surface area contributed by atoms with Gasteiger partial charge in [0.2, 0.25) is 11.8 Å². The average Bonchev–Trinajstić information content (AvgIpc) is 2.46. The number of nitrogens with two attached hydrogens (primary N) is 1. The Hall–Kier alpha value is -1.14. The number of hydrogen-bond donors (Lipinski definition) is 3. The normalized spacial score (nSPS) is 23.6. The number of rotatable bonds is 4. The SMILES string of the molecule is CN(O)C(CC1CCNC1=O)C(N)=O. The first-order valence-electron chi connectivity index (χ1n) is 4.51. The van der Waals surface area contributed by atoms with E-state index in [-0.39, 0.29) is 18.2 Å². The second-order valence-corrected chi connectivity index (χ2v) is 3.50. The smallest absolute Gasteiger partial charge is 0.237 e. The van der Waals surface area contributed by atoms with Gasteiger partial charge in [-0.1, -0.05) is 0 Å². The van der Waals surface area contributed by atoms with E-state index in [0.29, 0.717) is 13.0 Å². The molecule has 1 aliphatic rings. The molecule has 0 radical (unpaired) electrons. The van der Waals surface area contributed by atoms with Gasteiger partial charge in [0.25, 0.3) is 0 Å². The number of primary amides is 1. The van der Waals surface area contributed by atoms with Crippen molar-refractivity contribution in [3.63, 3.8) is 0 Å². The zero-order valence-corrected chi connectivity index (χ0v) is 8.06. The fourth-order valence-corrected chi connectivity index (χ4v) is 1.59. The minimum atomic E-state index is -0.788. The zero-order valence-electron chi connectivity index (χ0n) is 8.06. The third-order valence-electron chi connectivity index (χ3n) is 2.45. The monoisotopic (exact) mass is 201 g/mol. The summed E-state index contributed by atoms with van der Waals surface area (Å²) in [7, 11) is 1.35. The first kappa shape index (κ1) is 10.9. The van der Waals surface area contributed by atoms with Crippen LogP contribution < -0.4 is 11.1 Å². The van der Waals surface area contributed by atoms with E-state index in [9.17, 15) is 9.59 Å². The van der Waals surface area contributed by atoms with E-state index in [4.69, 9.17) is 10.9 Å². The number of carbonyl (C=O) groups excluding carboxylic acids is 2. The molecule has 0 aromatic carbocycles. The Morgan fingerprint density at radius 2 is 2.50 bits per heavy atom. The van der Waals surface area contributed by atoms with Crippen LogP contribution in [-0.2, 0) is 9.59 Å². The molecule has 2 amide bonds. The molecule has 80 valence electrons. The highest BCUT2D eigenvalue weighted by atomic mass is 16.5. The summed E-state index contributed by atoms with van der Waals surface area (Å²) in [5.41, 5.74) is 5.09. The molecule has 0 spiro atoms. The molecule has 1 saturated heterocycles. The van der Waals surface area contributed by atoms with E-state index >= 15 is 0 Å². The number of amides is 2. The van der Waals surface area contributed by atoms with E-state index in [2.05, 4.69) is 5.32 Å². The van der Waals surface area contributed by atoms with Crippen molar-refractivity contribution in [3.8, 4) is 0 Å². The van der Waals surface area contributed by atoms with Crippen molar-refractivity contribution < 1.29 is 14.8 Å². The second-order valence-electron chi connectivity index (χ2n) is 3.50. The van der Waals surface area contributed by atoms with Crippen LogP contribution in [0.15, 0.2) is 0 Å². The largest absolute Gasteiger partial charge is 0.368 e. The fourth-order valence-electron chi connectivity index (χ4n) is 1.59. The lowest BCUT2D eigenvalue weighted by atomic mass is 9.98. The third-order valence-corrected chi connectivity index (χ3v) is 2.45. The highest BCUT2D eigenvalue weighted by Crippen LogP contribution is 2.17. The molecule has 1 heterocycles. The van der Waals surface area contributed by atoms with Gasteiger partial charge in [0.15, 0.2) is 0 Å². The Labute approximate surface area is 82.0 Å². The third kappa shape index (κ3) is 2.43. The van der Waals surface area contributed by atoms with Crippen LogP contribution in [0.3, 0.4) is 0 Å². The van der Waals surface area contributed by atoms with Crippen molar-refractivity contribution in [2.45, 2.75) is 18.9 Å². The van der Waals surface area contributed by atoms with Crippen molar-refractivity contribution in [1.29, 1.82) is 0 Å². The standard InChI is InChI=1S/C8H15N3O3/c1-11(14)6(7(9)12)4-5-2-3-10-8(5)13/h5-6,14H,2-4H2,1H3,(H2,9,12)(H,10,13). The number of carbonyl (C=O) groups is 2. The van der Waals surface area contributed by atoms with Crippen LogP contribution in [0.5, 0.6) is 0 Å². The van der Waals surface area contributed by atoms with Crippen molar-refractivity contribution in [1.82, 2.24) is 10.4 Å². The molecule has 0 aromatic heterocycles. The molecule has 6 nitrogen and oxygen atoms in total. The molecular weight excluding hydrogens is 186 g/mol. The lowest BCUT2D eigenvalue weighted by Gasteiger charge is -2.20. The van der Waals surface area contributed by atoms with Crippen LogP contribution in [0, 0.1) is 5.92 Å². The van der Waals surface area contributed by atoms with Crippen molar-refractivity contribution in [3.05, 3.63) is 0 Å². The van der Waals surface area contributed by atoms with Gasteiger partial charge in [-0.25, -0.2) is 0 Å². The maximum absolute atomic E-state index is 11.2. The molecule has 1 rings (SSSR count). The van der Waals surface area contributed by atoms with Gasteiger partial charge < -0.3 is 16.3 Å². The van der Waals surface area contributed by atoms with Gasteiger partial charge in [0.05, 0.1) is 0 Å². The summed E-state index contributed by atoms with van der Waals surface area (Å²) in [5.74, 6) is -0.907. The topological polar surface area (TPSA) is 95.7 Å². The Balaban J connectivity index is 2.55. The van der Waals surface area contributed by atoms with Gasteiger partial charge in [-0.05, 0) is 12.8 Å². The quantitative estimate of drug-likeness (QED) is 0.492. The predicted octanol–water partition coefficient (Wildman–Crippen LogP) is -1.31. The summed E-state index contributed by atoms with van der Waals surface area (Å²) >= 11 is 0. The van der Waals surface area contributed by atoms with Gasteiger partial charge in [0, 0.05) is 19.5 Å². The van der Waals surface area contributed by atoms with E-state index in [1.807, 2.05) is 0 Å². The van der Waals surface area contributed by atoms with Crippen LogP contribution in [0.25, 0.3) is 0 Å². The fraction of sp³-hybridized carbons (Fsp3) is 0.750. The summed E-state index contributed by atoms with van der Waals surface area (Å²) in [6.45, 7) is 0.629. The highest BCUT2D eigenvalue weighted by molar-refractivity contribution is 5.83. The Bertz CT molecular complexity index is 242. The van der Waals surface area contributed by atoms with Crippen LogP contribution >= 0.6 is 0 Å². The summed E-state index contributed by atoms with van der Waals surface area (Å²) in [6, 6.07) is -0.788. The lowest BCUT2D eigenvalue weighted by molar-refractivity contribution is -0.146. The molecule has 4 N–H and O–H groups in total. The first-order chi connectivity index (χ1) is 6.52. The molecular formula is C8H15N3O3. The molecule has 14 heavy (non-hydrogen) atoms. The average molecular weight is 201 g/mol. The molecule has 0 bridgehead atoms. The summed E-state index contributed by atoms with van der Waals surface area (Å²) in [4.78, 5) is 22.1. The summed E-state index contributed by atoms with van der Waals surface area (Å²) < 4.78 is 0. The van der Waals surface area contributed by atoms with Crippen molar-refractivity contribution in [2.24, 2.45) is 11.7 Å². The number of hydroxylamine groups is 2. The van der Waals surface area contributed by atoms with Gasteiger partial charge in [-0.2, -0.15) is 5.06 Å². The van der Waals surface area contributed by atoms with Crippen LogP contribution in [0.1, 0.15) is 12.8 Å². The molecule has 0 saturated carbocycles. The van der Waals surface area contributed by atoms with E-state index < -0.39 is 11.9 Å². The molecule has 1 aliphatic heterocycles. The first-order valence-corrected chi connectivity index (χ1v) is 4.51. The number of hydrogen-bond acceptors (Lipinski definition) is 4. The van der Waals surface area contributed by atoms with Crippen molar-refractivity contribution in [2.75, 3.05) is 13.6 Å². The van der Waals surface area contributed by atoms with Crippen LogP contribution in [0.2, 0.25) is 0 Å². The molecule has 6 heteroatoms. The molecule has 1 fully saturated rings. The van der Waals surface area contributed by atoms with E-state index in [1.165, 1.54) is 7.05 Å².